The van der Waals surface area contributed by atoms with Crippen molar-refractivity contribution < 1.29 is 9.53 Å². The van der Waals surface area contributed by atoms with Crippen LogP contribution in [0.2, 0.25) is 0 Å². The molecule has 4 atom stereocenters. The van der Waals surface area contributed by atoms with Gasteiger partial charge in [0.05, 0.1) is 13.2 Å². The van der Waals surface area contributed by atoms with Crippen molar-refractivity contribution in [3.8, 4) is 5.75 Å². The van der Waals surface area contributed by atoms with Crippen LogP contribution in [-0.4, -0.2) is 54.7 Å². The summed E-state index contributed by atoms with van der Waals surface area (Å²) in [6.45, 7) is 3.26. The number of ether oxygens (including phenoxy) is 1. The van der Waals surface area contributed by atoms with Gasteiger partial charge < -0.3 is 15.0 Å². The van der Waals surface area contributed by atoms with Crippen LogP contribution in [0.4, 0.5) is 10.5 Å². The average Bonchev–Trinajstić information content (AvgIpc) is 2.74. The Morgan fingerprint density at radius 2 is 2.00 bits per heavy atom. The van der Waals surface area contributed by atoms with Crippen molar-refractivity contribution in [1.29, 1.82) is 0 Å². The highest BCUT2D eigenvalue weighted by molar-refractivity contribution is 5.90. The van der Waals surface area contributed by atoms with E-state index in [1.165, 1.54) is 37.8 Å². The number of benzene rings is 1. The van der Waals surface area contributed by atoms with E-state index in [9.17, 15) is 4.79 Å². The Balaban J connectivity index is 1.35. The van der Waals surface area contributed by atoms with E-state index in [0.29, 0.717) is 11.8 Å². The molecule has 4 unspecified atom stereocenters. The summed E-state index contributed by atoms with van der Waals surface area (Å²) in [5.74, 6) is 2.09. The molecule has 0 radical (unpaired) electrons. The molecule has 5 rings (SSSR count). The maximum absolute atomic E-state index is 13.2. The number of anilines is 1. The molecule has 3 aliphatic heterocycles. The molecule has 1 aliphatic carbocycles. The Kier molecular flexibility index (Phi) is 4.79. The van der Waals surface area contributed by atoms with E-state index in [2.05, 4.69) is 21.2 Å². The van der Waals surface area contributed by atoms with Gasteiger partial charge in [0.2, 0.25) is 0 Å². The minimum Gasteiger partial charge on any atom is -0.497 e. The first-order valence-electron chi connectivity index (χ1n) is 10.9. The van der Waals surface area contributed by atoms with Crippen LogP contribution in [0.5, 0.6) is 5.75 Å². The molecule has 1 N–H and O–H groups in total. The lowest BCUT2D eigenvalue weighted by Gasteiger charge is -2.54. The number of nitrogens with one attached hydrogen (secondary N) is 1. The Morgan fingerprint density at radius 1 is 1.14 bits per heavy atom. The summed E-state index contributed by atoms with van der Waals surface area (Å²) >= 11 is 0. The summed E-state index contributed by atoms with van der Waals surface area (Å²) in [5.41, 5.74) is 2.36. The number of rotatable bonds is 2. The molecule has 1 aromatic rings. The fraction of sp³-hybridized carbons (Fsp3) is 0.609. The van der Waals surface area contributed by atoms with Crippen LogP contribution in [0.25, 0.3) is 0 Å². The van der Waals surface area contributed by atoms with Crippen molar-refractivity contribution in [3.63, 3.8) is 0 Å². The zero-order valence-electron chi connectivity index (χ0n) is 16.8. The van der Waals surface area contributed by atoms with Gasteiger partial charge in [0, 0.05) is 24.8 Å². The van der Waals surface area contributed by atoms with Crippen molar-refractivity contribution in [3.05, 3.63) is 35.9 Å². The minimum absolute atomic E-state index is 0.0417. The second kappa shape index (κ2) is 7.43. The molecule has 0 spiro atoms. The lowest BCUT2D eigenvalue weighted by molar-refractivity contribution is 0.00908. The molecule has 28 heavy (non-hydrogen) atoms. The maximum atomic E-state index is 13.2. The monoisotopic (exact) mass is 381 g/mol. The fourth-order valence-electron chi connectivity index (χ4n) is 6.07. The molecule has 3 fully saturated rings. The van der Waals surface area contributed by atoms with E-state index in [0.717, 1.165) is 43.4 Å². The summed E-state index contributed by atoms with van der Waals surface area (Å²) in [4.78, 5) is 18.0. The highest BCUT2D eigenvalue weighted by atomic mass is 16.5. The largest absolute Gasteiger partial charge is 0.497 e. The number of hydrogen-bond donors (Lipinski definition) is 1. The molecule has 3 heterocycles. The van der Waals surface area contributed by atoms with Crippen molar-refractivity contribution in [2.75, 3.05) is 32.1 Å². The summed E-state index contributed by atoms with van der Waals surface area (Å²) in [7, 11) is 1.66. The third-order valence-electron chi connectivity index (χ3n) is 7.26. The fourth-order valence-corrected chi connectivity index (χ4v) is 6.07. The highest BCUT2D eigenvalue weighted by Gasteiger charge is 2.46. The van der Waals surface area contributed by atoms with Gasteiger partial charge in [-0.15, -0.1) is 0 Å². The van der Waals surface area contributed by atoms with Gasteiger partial charge in [-0.25, -0.2) is 4.79 Å². The van der Waals surface area contributed by atoms with Gasteiger partial charge in [-0.3, -0.25) is 4.90 Å². The maximum Gasteiger partial charge on any atom is 0.322 e. The predicted octanol–water partition coefficient (Wildman–Crippen LogP) is 4.12. The van der Waals surface area contributed by atoms with Crippen LogP contribution in [-0.2, 0) is 0 Å². The van der Waals surface area contributed by atoms with Crippen molar-refractivity contribution in [2.45, 2.75) is 50.6 Å². The first-order chi connectivity index (χ1) is 13.7. The number of carbonyl (C=O) groups is 1. The van der Waals surface area contributed by atoms with Gasteiger partial charge in [0.15, 0.2) is 0 Å². The Morgan fingerprint density at radius 3 is 2.82 bits per heavy atom. The molecule has 5 heteroatoms. The molecule has 4 aliphatic rings. The third kappa shape index (κ3) is 3.20. The van der Waals surface area contributed by atoms with Gasteiger partial charge in [-0.2, -0.15) is 0 Å². The average molecular weight is 382 g/mol. The van der Waals surface area contributed by atoms with Crippen molar-refractivity contribution in [1.82, 2.24) is 9.80 Å². The normalized spacial score (nSPS) is 32.0. The summed E-state index contributed by atoms with van der Waals surface area (Å²) in [6, 6.07) is 8.67. The van der Waals surface area contributed by atoms with E-state index in [1.54, 1.807) is 7.11 Å². The number of nitrogens with zero attached hydrogens (tertiary/aromatic N) is 2. The highest BCUT2D eigenvalue weighted by Crippen LogP contribution is 2.45. The van der Waals surface area contributed by atoms with E-state index < -0.39 is 0 Å². The van der Waals surface area contributed by atoms with Crippen LogP contribution in [0, 0.1) is 11.8 Å². The quantitative estimate of drug-likeness (QED) is 0.784. The molecule has 2 bridgehead atoms. The van der Waals surface area contributed by atoms with Gasteiger partial charge >= 0.3 is 6.03 Å². The van der Waals surface area contributed by atoms with E-state index in [-0.39, 0.29) is 12.1 Å². The van der Waals surface area contributed by atoms with Crippen molar-refractivity contribution in [2.24, 2.45) is 11.8 Å². The number of methoxy groups -OCH3 is 1. The smallest absolute Gasteiger partial charge is 0.322 e. The second-order valence-corrected chi connectivity index (χ2v) is 8.86. The molecule has 2 amide bonds. The lowest BCUT2D eigenvalue weighted by atomic mass is 9.68. The first-order valence-corrected chi connectivity index (χ1v) is 10.9. The number of piperidine rings is 3. The molecule has 5 nitrogen and oxygen atoms in total. The van der Waals surface area contributed by atoms with E-state index >= 15 is 0 Å². The zero-order valence-corrected chi connectivity index (χ0v) is 16.8. The van der Waals surface area contributed by atoms with Crippen LogP contribution in [0.3, 0.4) is 0 Å². The molecular weight excluding hydrogens is 350 g/mol. The van der Waals surface area contributed by atoms with Crippen LogP contribution in [0.1, 0.15) is 38.5 Å². The topological polar surface area (TPSA) is 44.8 Å². The van der Waals surface area contributed by atoms with E-state index in [1.807, 2.05) is 24.3 Å². The molecule has 0 aromatic heterocycles. The van der Waals surface area contributed by atoms with E-state index in [4.69, 9.17) is 4.74 Å². The summed E-state index contributed by atoms with van der Waals surface area (Å²) < 4.78 is 5.21. The minimum atomic E-state index is 0.0417. The van der Waals surface area contributed by atoms with Gasteiger partial charge in [-0.05, 0) is 74.8 Å². The number of carbonyl (C=O) groups excluding carboxylic acids is 1. The molecule has 150 valence electrons. The molecule has 1 aromatic carbocycles. The number of likely N-dealkylation sites (tertiary alicyclic amines) is 1. The Bertz CT molecular complexity index is 760. The van der Waals surface area contributed by atoms with Crippen LogP contribution in [0.15, 0.2) is 35.9 Å². The summed E-state index contributed by atoms with van der Waals surface area (Å²) in [6.07, 6.45) is 10.1. The Labute approximate surface area is 167 Å². The number of fused-ring (bicyclic) bond motifs is 6. The van der Waals surface area contributed by atoms with Gasteiger partial charge in [0.1, 0.15) is 5.75 Å². The standard InChI is InChI=1S/C23H31N3O2/c1-28-20-9-7-19(8-10-20)24-23(27)26-12-4-5-16-13-17-14-18(22(16)26)15-25-11-3-2-6-21(17)25/h7-10,13,17-18,21-22H,2-6,11-12,14-15H2,1H3,(H,24,27). The second-order valence-electron chi connectivity index (χ2n) is 8.86. The predicted molar refractivity (Wildman–Crippen MR) is 111 cm³/mol. The molecule has 0 saturated carbocycles. The van der Waals surface area contributed by atoms with Crippen molar-refractivity contribution >= 4 is 11.7 Å². The SMILES string of the molecule is COc1ccc(NC(=O)N2CCCC3=CC4CC(CN5CCCCC45)C32)cc1. The molecular formula is C23H31N3O2. The first kappa shape index (κ1) is 18.0. The van der Waals surface area contributed by atoms with Gasteiger partial charge in [0.25, 0.3) is 0 Å². The third-order valence-corrected chi connectivity index (χ3v) is 7.26. The van der Waals surface area contributed by atoms with Crippen LogP contribution < -0.4 is 10.1 Å². The zero-order chi connectivity index (χ0) is 19.1. The summed E-state index contributed by atoms with van der Waals surface area (Å²) in [5, 5.41) is 3.12. The number of amides is 2. The number of hydrogen-bond acceptors (Lipinski definition) is 3. The Hall–Kier alpha value is -2.01. The van der Waals surface area contributed by atoms with Crippen LogP contribution >= 0.6 is 0 Å². The lowest BCUT2D eigenvalue weighted by Crippen LogP contribution is -2.60. The number of urea groups is 1. The van der Waals surface area contributed by atoms with Gasteiger partial charge in [-0.1, -0.05) is 18.1 Å². The molecule has 3 saturated heterocycles.